The molecule has 7 nitrogen and oxygen atoms in total. The Morgan fingerprint density at radius 2 is 2.04 bits per heavy atom. The molecule has 136 valence electrons. The van der Waals surface area contributed by atoms with Crippen molar-refractivity contribution in [2.75, 3.05) is 24.3 Å². The van der Waals surface area contributed by atoms with E-state index in [1.165, 1.54) is 30.1 Å². The molecule has 0 saturated carbocycles. The van der Waals surface area contributed by atoms with Crippen LogP contribution in [0.25, 0.3) is 0 Å². The van der Waals surface area contributed by atoms with Crippen molar-refractivity contribution >= 4 is 51.7 Å². The van der Waals surface area contributed by atoms with Crippen molar-refractivity contribution in [2.24, 2.45) is 0 Å². The zero-order valence-corrected chi connectivity index (χ0v) is 15.8. The number of carbonyl (C=O) groups is 3. The summed E-state index contributed by atoms with van der Waals surface area (Å²) in [6.45, 7) is 1.84. The number of carbonyl (C=O) groups excluding carboxylic acids is 3. The van der Waals surface area contributed by atoms with Gasteiger partial charge in [-0.05, 0) is 30.5 Å². The van der Waals surface area contributed by atoms with E-state index >= 15 is 0 Å². The Hall–Kier alpha value is -2.52. The van der Waals surface area contributed by atoms with Crippen molar-refractivity contribution in [3.63, 3.8) is 0 Å². The van der Waals surface area contributed by atoms with E-state index in [0.29, 0.717) is 5.00 Å². The summed E-state index contributed by atoms with van der Waals surface area (Å²) in [6, 6.07) is 9.23. The molecule has 1 aromatic carbocycles. The van der Waals surface area contributed by atoms with Crippen LogP contribution in [0.5, 0.6) is 0 Å². The smallest absolute Gasteiger partial charge is 0.416 e. The number of nitrogens with zero attached hydrogens (tertiary/aromatic N) is 1. The van der Waals surface area contributed by atoms with Crippen molar-refractivity contribution in [2.45, 2.75) is 17.2 Å². The fraction of sp³-hybridized carbons (Fsp3) is 0.235. The van der Waals surface area contributed by atoms with Crippen LogP contribution >= 0.6 is 23.1 Å². The molecule has 9 heteroatoms. The van der Waals surface area contributed by atoms with Crippen LogP contribution in [0.2, 0.25) is 0 Å². The second-order valence-corrected chi connectivity index (χ2v) is 7.42. The maximum atomic E-state index is 12.6. The van der Waals surface area contributed by atoms with Gasteiger partial charge in [-0.1, -0.05) is 23.9 Å². The van der Waals surface area contributed by atoms with E-state index in [2.05, 4.69) is 10.6 Å². The average Bonchev–Trinajstić information content (AvgIpc) is 3.27. The van der Waals surface area contributed by atoms with Gasteiger partial charge in [-0.3, -0.25) is 9.59 Å². The van der Waals surface area contributed by atoms with Crippen LogP contribution in [0.1, 0.15) is 17.3 Å². The third-order valence-corrected chi connectivity index (χ3v) is 5.64. The number of hydrogen-bond donors (Lipinski definition) is 2. The number of hydrogen-bond acceptors (Lipinski definition) is 7. The van der Waals surface area contributed by atoms with Crippen molar-refractivity contribution in [3.05, 3.63) is 41.3 Å². The molecule has 0 aliphatic carbocycles. The van der Waals surface area contributed by atoms with E-state index < -0.39 is 17.4 Å². The van der Waals surface area contributed by atoms with Gasteiger partial charge < -0.3 is 15.4 Å². The van der Waals surface area contributed by atoms with Crippen molar-refractivity contribution in [1.82, 2.24) is 4.90 Å². The third kappa shape index (κ3) is 3.68. The molecule has 0 radical (unpaired) electrons. The highest BCUT2D eigenvalue weighted by Gasteiger charge is 2.29. The van der Waals surface area contributed by atoms with Gasteiger partial charge in [0, 0.05) is 17.6 Å². The lowest BCUT2D eigenvalue weighted by Gasteiger charge is -2.16. The Morgan fingerprint density at radius 1 is 1.27 bits per heavy atom. The predicted molar refractivity (Wildman–Crippen MR) is 102 cm³/mol. The monoisotopic (exact) mass is 391 g/mol. The van der Waals surface area contributed by atoms with Crippen molar-refractivity contribution < 1.29 is 19.1 Å². The molecule has 0 spiro atoms. The zero-order valence-electron chi connectivity index (χ0n) is 14.1. The molecule has 1 unspecified atom stereocenters. The molecule has 26 heavy (non-hydrogen) atoms. The third-order valence-electron chi connectivity index (χ3n) is 3.64. The molecule has 0 fully saturated rings. The highest BCUT2D eigenvalue weighted by Crippen LogP contribution is 2.38. The normalized spacial score (nSPS) is 14.9. The second kappa shape index (κ2) is 7.79. The molecule has 1 aromatic heterocycles. The lowest BCUT2D eigenvalue weighted by Crippen LogP contribution is -2.34. The van der Waals surface area contributed by atoms with Crippen LogP contribution in [-0.2, 0) is 9.53 Å². The van der Waals surface area contributed by atoms with E-state index in [0.717, 1.165) is 15.5 Å². The Balaban J connectivity index is 1.69. The number of ether oxygens (including phenoxy) is 1. The molecule has 2 heterocycles. The quantitative estimate of drug-likeness (QED) is 0.830. The minimum absolute atomic E-state index is 0.175. The fourth-order valence-electron chi connectivity index (χ4n) is 2.34. The molecule has 1 aliphatic rings. The van der Waals surface area contributed by atoms with Crippen molar-refractivity contribution in [3.8, 4) is 0 Å². The standard InChI is InChI=1S/C17H17N3O4S2/c1-3-24-17(23)20(2)16(22)10-8-9-25-14(10)19-13(21)15-18-11-6-4-5-7-12(11)26-15/h4-9,15,18H,3H2,1-2H3,(H,19,21). The van der Waals surface area contributed by atoms with Crippen LogP contribution in [0.4, 0.5) is 15.5 Å². The van der Waals surface area contributed by atoms with Gasteiger partial charge in [0.05, 0.1) is 12.2 Å². The summed E-state index contributed by atoms with van der Waals surface area (Å²) >= 11 is 2.63. The number of nitrogens with one attached hydrogen (secondary N) is 2. The van der Waals surface area contributed by atoms with Gasteiger partial charge in [-0.25, -0.2) is 9.69 Å². The first-order valence-corrected chi connectivity index (χ1v) is 9.62. The largest absolute Gasteiger partial charge is 0.449 e. The van der Waals surface area contributed by atoms with Gasteiger partial charge in [-0.2, -0.15) is 0 Å². The highest BCUT2D eigenvalue weighted by molar-refractivity contribution is 8.01. The topological polar surface area (TPSA) is 87.7 Å². The first-order valence-electron chi connectivity index (χ1n) is 7.86. The second-order valence-electron chi connectivity index (χ2n) is 5.35. The zero-order chi connectivity index (χ0) is 18.7. The number of thiophene rings is 1. The van der Waals surface area contributed by atoms with Crippen LogP contribution in [0, 0.1) is 0 Å². The highest BCUT2D eigenvalue weighted by atomic mass is 32.2. The van der Waals surface area contributed by atoms with E-state index in [1.807, 2.05) is 24.3 Å². The van der Waals surface area contributed by atoms with Crippen LogP contribution in [0.15, 0.2) is 40.6 Å². The summed E-state index contributed by atoms with van der Waals surface area (Å²) in [4.78, 5) is 38.7. The number of anilines is 2. The maximum absolute atomic E-state index is 12.6. The molecule has 0 bridgehead atoms. The van der Waals surface area contributed by atoms with E-state index in [4.69, 9.17) is 4.74 Å². The summed E-state index contributed by atoms with van der Waals surface area (Å²) < 4.78 is 4.83. The van der Waals surface area contributed by atoms with Crippen LogP contribution in [-0.4, -0.2) is 41.8 Å². The lowest BCUT2D eigenvalue weighted by molar-refractivity contribution is -0.115. The number of fused-ring (bicyclic) bond motifs is 1. The van der Waals surface area contributed by atoms with Gasteiger partial charge in [0.15, 0.2) is 5.37 Å². The van der Waals surface area contributed by atoms with Crippen molar-refractivity contribution in [1.29, 1.82) is 0 Å². The Labute approximate surface area is 158 Å². The van der Waals surface area contributed by atoms with Gasteiger partial charge in [0.25, 0.3) is 11.8 Å². The van der Waals surface area contributed by atoms with Gasteiger partial charge >= 0.3 is 6.09 Å². The van der Waals surface area contributed by atoms with Crippen LogP contribution in [0.3, 0.4) is 0 Å². The van der Waals surface area contributed by atoms with E-state index in [-0.39, 0.29) is 18.1 Å². The Kier molecular flexibility index (Phi) is 5.48. The summed E-state index contributed by atoms with van der Waals surface area (Å²) in [5.74, 6) is -0.795. The summed E-state index contributed by atoms with van der Waals surface area (Å²) in [5.41, 5.74) is 1.15. The number of thioether (sulfide) groups is 1. The SMILES string of the molecule is CCOC(=O)N(C)C(=O)c1ccsc1NC(=O)C1Nc2ccccc2S1. The average molecular weight is 391 g/mol. The van der Waals surface area contributed by atoms with Gasteiger partial charge in [-0.15, -0.1) is 11.3 Å². The van der Waals surface area contributed by atoms with Gasteiger partial charge in [0.2, 0.25) is 0 Å². The summed E-state index contributed by atoms with van der Waals surface area (Å²) in [6.07, 6.45) is -0.732. The molecule has 2 N–H and O–H groups in total. The minimum atomic E-state index is -0.732. The van der Waals surface area contributed by atoms with E-state index in [1.54, 1.807) is 18.4 Å². The molecular weight excluding hydrogens is 374 g/mol. The number of rotatable bonds is 4. The Bertz CT molecular complexity index is 827. The number of imide groups is 1. The number of amides is 3. The molecule has 1 atom stereocenters. The molecule has 3 amide bonds. The molecule has 3 rings (SSSR count). The molecule has 1 aliphatic heterocycles. The first kappa shape index (κ1) is 18.3. The number of para-hydroxylation sites is 1. The molecular formula is C17H17N3O4S2. The summed E-state index contributed by atoms with van der Waals surface area (Å²) in [7, 11) is 1.34. The lowest BCUT2D eigenvalue weighted by atomic mass is 10.3. The summed E-state index contributed by atoms with van der Waals surface area (Å²) in [5, 5.41) is 7.51. The Morgan fingerprint density at radius 3 is 2.77 bits per heavy atom. The van der Waals surface area contributed by atoms with E-state index in [9.17, 15) is 14.4 Å². The number of benzene rings is 1. The van der Waals surface area contributed by atoms with Crippen LogP contribution < -0.4 is 10.6 Å². The molecule has 2 aromatic rings. The fourth-order valence-corrected chi connectivity index (χ4v) is 4.14. The first-order chi connectivity index (χ1) is 12.5. The minimum Gasteiger partial charge on any atom is -0.449 e. The molecule has 0 saturated heterocycles. The predicted octanol–water partition coefficient (Wildman–Crippen LogP) is 3.46. The van der Waals surface area contributed by atoms with Gasteiger partial charge in [0.1, 0.15) is 5.00 Å². The maximum Gasteiger partial charge on any atom is 0.416 e.